The molecule has 18 valence electrons. The summed E-state index contributed by atoms with van der Waals surface area (Å²) in [6, 6.07) is 0. The van der Waals surface area contributed by atoms with E-state index in [2.05, 4.69) is 0 Å². The Morgan fingerprint density at radius 1 is 0.750 bits per heavy atom. The molecule has 4 heteroatoms. The molecule has 0 rings (SSSR count). The SMILES string of the molecule is [LiH].[Mg+2].[OH-].[OH-]. The minimum absolute atomic E-state index is 0. The Hall–Kier alpha value is 1.28. The predicted octanol–water partition coefficient (Wildman–Crippen LogP) is -1.38. The standard InChI is InChI=1S/Li.Mg.2H2O.H/h;;2*1H2;/q;+2;;;/p-2. The molecule has 0 aliphatic heterocycles. The van der Waals surface area contributed by atoms with Crippen LogP contribution in [-0.2, 0) is 0 Å². The molecular weight excluding hydrogens is 63.2 g/mol. The zero-order chi connectivity index (χ0) is 0. The molecule has 0 aromatic rings. The molecule has 0 aliphatic carbocycles. The molecule has 2 nitrogen and oxygen atoms in total. The molecule has 0 saturated carbocycles. The molecule has 0 bridgehead atoms. The van der Waals surface area contributed by atoms with Gasteiger partial charge in [-0.2, -0.15) is 0 Å². The summed E-state index contributed by atoms with van der Waals surface area (Å²) in [4.78, 5) is 0. The van der Waals surface area contributed by atoms with Gasteiger partial charge in [-0.15, -0.1) is 0 Å². The van der Waals surface area contributed by atoms with Gasteiger partial charge in [0.25, 0.3) is 0 Å². The Morgan fingerprint density at radius 3 is 0.750 bits per heavy atom. The summed E-state index contributed by atoms with van der Waals surface area (Å²) >= 11 is 0. The van der Waals surface area contributed by atoms with Crippen molar-refractivity contribution in [2.45, 2.75) is 0 Å². The Labute approximate surface area is 52.9 Å². The summed E-state index contributed by atoms with van der Waals surface area (Å²) in [6.45, 7) is 0. The van der Waals surface area contributed by atoms with Crippen molar-refractivity contribution in [2.24, 2.45) is 0 Å². The van der Waals surface area contributed by atoms with Gasteiger partial charge in [-0.1, -0.05) is 0 Å². The minimum Gasteiger partial charge on any atom is -0.870 e. The summed E-state index contributed by atoms with van der Waals surface area (Å²) in [6.07, 6.45) is 0. The van der Waals surface area contributed by atoms with Crippen LogP contribution in [0.25, 0.3) is 0 Å². The average molecular weight is 66.3 g/mol. The van der Waals surface area contributed by atoms with Crippen molar-refractivity contribution in [3.8, 4) is 0 Å². The maximum absolute atomic E-state index is 0. The first-order valence-electron chi connectivity index (χ1n) is 0. The first-order chi connectivity index (χ1) is 0. The van der Waals surface area contributed by atoms with Crippen molar-refractivity contribution in [2.75, 3.05) is 0 Å². The van der Waals surface area contributed by atoms with E-state index in [9.17, 15) is 0 Å². The summed E-state index contributed by atoms with van der Waals surface area (Å²) in [5.74, 6) is 0. The third-order valence-electron chi connectivity index (χ3n) is 0. The fourth-order valence-corrected chi connectivity index (χ4v) is 0. The number of hydrogen-bond donors (Lipinski definition) is 0. The van der Waals surface area contributed by atoms with E-state index in [1.54, 1.807) is 0 Å². The zero-order valence-corrected chi connectivity index (χ0v) is 3.02. The Bertz CT molecular complexity index is 6.00. The van der Waals surface area contributed by atoms with Crippen LogP contribution in [0.2, 0.25) is 0 Å². The molecular formula is H3LiMgO2. The van der Waals surface area contributed by atoms with Crippen LogP contribution >= 0.6 is 0 Å². The van der Waals surface area contributed by atoms with E-state index in [1.165, 1.54) is 0 Å². The smallest absolute Gasteiger partial charge is 0.870 e. The molecule has 0 radical (unpaired) electrons. The first-order valence-corrected chi connectivity index (χ1v) is 0. The van der Waals surface area contributed by atoms with Crippen molar-refractivity contribution < 1.29 is 11.0 Å². The largest absolute Gasteiger partial charge is 2.00 e. The van der Waals surface area contributed by atoms with Gasteiger partial charge in [0.1, 0.15) is 0 Å². The van der Waals surface area contributed by atoms with E-state index >= 15 is 0 Å². The van der Waals surface area contributed by atoms with Crippen LogP contribution in [0.4, 0.5) is 0 Å². The summed E-state index contributed by atoms with van der Waals surface area (Å²) in [5, 5.41) is 0. The third kappa shape index (κ3) is 10.4. The second-order valence-corrected chi connectivity index (χ2v) is 0. The zero-order valence-electron chi connectivity index (χ0n) is 1.60. The van der Waals surface area contributed by atoms with Crippen molar-refractivity contribution >= 4 is 41.9 Å². The molecule has 0 unspecified atom stereocenters. The summed E-state index contributed by atoms with van der Waals surface area (Å²) in [5.41, 5.74) is 0. The first kappa shape index (κ1) is 58.8. The van der Waals surface area contributed by atoms with E-state index < -0.39 is 0 Å². The quantitative estimate of drug-likeness (QED) is 0.327. The second kappa shape index (κ2) is 28.0. The normalized spacial score (nSPS) is 0. The van der Waals surface area contributed by atoms with Gasteiger partial charge in [-0.25, -0.2) is 0 Å². The van der Waals surface area contributed by atoms with Gasteiger partial charge in [0, 0.05) is 0 Å². The Kier molecular flexibility index (Phi) is 412. The molecule has 0 amide bonds. The molecule has 0 aromatic carbocycles. The van der Waals surface area contributed by atoms with Crippen molar-refractivity contribution in [1.82, 2.24) is 0 Å². The van der Waals surface area contributed by atoms with E-state index in [0.717, 1.165) is 0 Å². The van der Waals surface area contributed by atoms with Crippen LogP contribution in [0.5, 0.6) is 0 Å². The van der Waals surface area contributed by atoms with Crippen LogP contribution in [-0.4, -0.2) is 52.9 Å². The van der Waals surface area contributed by atoms with Crippen LogP contribution in [0.15, 0.2) is 0 Å². The third-order valence-corrected chi connectivity index (χ3v) is 0. The van der Waals surface area contributed by atoms with E-state index in [-0.39, 0.29) is 52.9 Å². The monoisotopic (exact) mass is 66.0 g/mol. The van der Waals surface area contributed by atoms with Gasteiger partial charge < -0.3 is 11.0 Å². The fraction of sp³-hybridized carbons (Fsp3) is 0. The van der Waals surface area contributed by atoms with Crippen molar-refractivity contribution in [1.29, 1.82) is 0 Å². The summed E-state index contributed by atoms with van der Waals surface area (Å²) in [7, 11) is 0. The summed E-state index contributed by atoms with van der Waals surface area (Å²) < 4.78 is 0. The van der Waals surface area contributed by atoms with Gasteiger partial charge in [-0.05, 0) is 0 Å². The van der Waals surface area contributed by atoms with Crippen molar-refractivity contribution in [3.63, 3.8) is 0 Å². The maximum atomic E-state index is 0. The second-order valence-electron chi connectivity index (χ2n) is 0. The number of rotatable bonds is 0. The van der Waals surface area contributed by atoms with Gasteiger partial charge >= 0.3 is 41.9 Å². The molecule has 0 atom stereocenters. The van der Waals surface area contributed by atoms with Gasteiger partial charge in [0.05, 0.1) is 0 Å². The minimum atomic E-state index is 0. The van der Waals surface area contributed by atoms with E-state index in [4.69, 9.17) is 0 Å². The molecule has 4 heavy (non-hydrogen) atoms. The van der Waals surface area contributed by atoms with Crippen LogP contribution in [0.1, 0.15) is 0 Å². The molecule has 0 heterocycles. The van der Waals surface area contributed by atoms with Crippen LogP contribution in [0.3, 0.4) is 0 Å². The van der Waals surface area contributed by atoms with Crippen LogP contribution in [0, 0.1) is 0 Å². The average Bonchev–Trinajstić information content (AvgIpc) is 0. The van der Waals surface area contributed by atoms with Crippen molar-refractivity contribution in [3.05, 3.63) is 0 Å². The van der Waals surface area contributed by atoms with E-state index in [0.29, 0.717) is 0 Å². The molecule has 0 saturated heterocycles. The van der Waals surface area contributed by atoms with Gasteiger partial charge in [0.15, 0.2) is 0 Å². The molecule has 0 spiro atoms. The number of hydrogen-bond acceptors (Lipinski definition) is 2. The van der Waals surface area contributed by atoms with Gasteiger partial charge in [-0.3, -0.25) is 0 Å². The Balaban J connectivity index is 0. The predicted molar refractivity (Wildman–Crippen MR) is 16.8 cm³/mol. The Morgan fingerprint density at radius 2 is 0.750 bits per heavy atom. The molecule has 0 aliphatic rings. The van der Waals surface area contributed by atoms with E-state index in [1.807, 2.05) is 0 Å². The van der Waals surface area contributed by atoms with Crippen LogP contribution < -0.4 is 0 Å². The fourth-order valence-electron chi connectivity index (χ4n) is 0. The van der Waals surface area contributed by atoms with Gasteiger partial charge in [0.2, 0.25) is 0 Å². The maximum Gasteiger partial charge on any atom is 2.00 e. The molecule has 2 N–H and O–H groups in total. The molecule has 0 aromatic heterocycles. The topological polar surface area (TPSA) is 60.0 Å². The molecule has 0 fully saturated rings.